The number of hydrogen-bond acceptors (Lipinski definition) is 5. The number of carbonyl (C=O) groups is 1. The molecule has 154 valence electrons. The number of piperazine rings is 1. The highest BCUT2D eigenvalue weighted by Gasteiger charge is 2.27. The van der Waals surface area contributed by atoms with Gasteiger partial charge in [-0.3, -0.25) is 9.59 Å². The maximum atomic E-state index is 13.2. The lowest BCUT2D eigenvalue weighted by molar-refractivity contribution is 0.0751. The zero-order chi connectivity index (χ0) is 21.3. The summed E-state index contributed by atoms with van der Waals surface area (Å²) in [7, 11) is 0. The van der Waals surface area contributed by atoms with Crippen LogP contribution in [0.25, 0.3) is 10.9 Å². The van der Waals surface area contributed by atoms with Crippen molar-refractivity contribution < 1.29 is 4.79 Å². The van der Waals surface area contributed by atoms with Crippen molar-refractivity contribution in [3.8, 4) is 6.07 Å². The van der Waals surface area contributed by atoms with Crippen molar-refractivity contribution in [3.05, 3.63) is 62.6 Å². The van der Waals surface area contributed by atoms with Gasteiger partial charge in [0.1, 0.15) is 11.6 Å². The van der Waals surface area contributed by atoms with Crippen LogP contribution < -0.4 is 10.5 Å². The summed E-state index contributed by atoms with van der Waals surface area (Å²) in [5, 5.41) is 12.7. The van der Waals surface area contributed by atoms with Gasteiger partial charge in [-0.1, -0.05) is 38.1 Å². The molecule has 0 spiro atoms. The maximum Gasteiger partial charge on any atom is 0.271 e. The molecule has 0 saturated carbocycles. The fraction of sp³-hybridized carbons (Fsp3) is 0.348. The number of para-hydroxylation sites is 1. The molecule has 4 rings (SSSR count). The van der Waals surface area contributed by atoms with E-state index in [9.17, 15) is 14.9 Å². The Balaban J connectivity index is 1.71. The third-order valence-electron chi connectivity index (χ3n) is 5.42. The molecule has 0 bridgehead atoms. The van der Waals surface area contributed by atoms with Crippen molar-refractivity contribution >= 4 is 33.8 Å². The van der Waals surface area contributed by atoms with Crippen molar-refractivity contribution in [2.75, 3.05) is 31.1 Å². The van der Waals surface area contributed by atoms with Gasteiger partial charge in [-0.25, -0.2) is 0 Å². The average molecular weight is 421 g/mol. The lowest BCUT2D eigenvalue weighted by atomic mass is 10.1. The molecule has 1 amide bonds. The smallest absolute Gasteiger partial charge is 0.271 e. The standard InChI is InChI=1S/C23H24N4O2S/c1-16(2)15-27-19-7-4-3-6-17(19)21(18(14-24)22(27)28)25-9-11-26(12-10-25)23(29)20-8-5-13-30-20/h3-8,13,16H,9-12,15H2,1-2H3. The van der Waals surface area contributed by atoms with Crippen LogP contribution in [-0.4, -0.2) is 41.6 Å². The van der Waals surface area contributed by atoms with Crippen molar-refractivity contribution in [2.24, 2.45) is 5.92 Å². The van der Waals surface area contributed by atoms with Gasteiger partial charge in [-0.15, -0.1) is 11.3 Å². The molecule has 30 heavy (non-hydrogen) atoms. The van der Waals surface area contributed by atoms with Crippen LogP contribution in [0.15, 0.2) is 46.6 Å². The number of aromatic nitrogens is 1. The van der Waals surface area contributed by atoms with E-state index in [2.05, 4.69) is 24.8 Å². The molecular formula is C23H24N4O2S. The minimum absolute atomic E-state index is 0.0439. The van der Waals surface area contributed by atoms with Crippen molar-refractivity contribution in [2.45, 2.75) is 20.4 Å². The zero-order valence-corrected chi connectivity index (χ0v) is 18.0. The van der Waals surface area contributed by atoms with Gasteiger partial charge >= 0.3 is 0 Å². The molecule has 2 aromatic heterocycles. The maximum absolute atomic E-state index is 13.2. The second-order valence-electron chi connectivity index (χ2n) is 7.92. The number of nitriles is 1. The topological polar surface area (TPSA) is 69.3 Å². The Kier molecular flexibility index (Phi) is 5.60. The van der Waals surface area contributed by atoms with Gasteiger partial charge in [-0.2, -0.15) is 5.26 Å². The zero-order valence-electron chi connectivity index (χ0n) is 17.2. The molecule has 3 aromatic rings. The Hall–Kier alpha value is -3.11. The second-order valence-corrected chi connectivity index (χ2v) is 8.87. The first-order valence-corrected chi connectivity index (χ1v) is 11.0. The van der Waals surface area contributed by atoms with E-state index in [4.69, 9.17) is 0 Å². The molecule has 1 aliphatic rings. The fourth-order valence-corrected chi connectivity index (χ4v) is 4.75. The van der Waals surface area contributed by atoms with Gasteiger partial charge < -0.3 is 14.4 Å². The van der Waals surface area contributed by atoms with Gasteiger partial charge in [0.05, 0.1) is 16.1 Å². The molecule has 1 aliphatic heterocycles. The highest BCUT2D eigenvalue weighted by molar-refractivity contribution is 7.12. The highest BCUT2D eigenvalue weighted by Crippen LogP contribution is 2.30. The van der Waals surface area contributed by atoms with Crippen LogP contribution in [-0.2, 0) is 6.54 Å². The Morgan fingerprint density at radius 2 is 1.87 bits per heavy atom. The molecule has 1 fully saturated rings. The Bertz CT molecular complexity index is 1170. The second kappa shape index (κ2) is 8.33. The van der Waals surface area contributed by atoms with E-state index in [1.807, 2.05) is 46.7 Å². The number of nitrogens with zero attached hydrogens (tertiary/aromatic N) is 4. The number of pyridine rings is 1. The predicted octanol–water partition coefficient (Wildman–Crippen LogP) is 3.55. The van der Waals surface area contributed by atoms with E-state index in [0.717, 1.165) is 15.8 Å². The molecule has 0 radical (unpaired) electrons. The third-order valence-corrected chi connectivity index (χ3v) is 6.28. The van der Waals surface area contributed by atoms with E-state index in [1.165, 1.54) is 11.3 Å². The lowest BCUT2D eigenvalue weighted by Gasteiger charge is -2.37. The van der Waals surface area contributed by atoms with Crippen molar-refractivity contribution in [1.29, 1.82) is 5.26 Å². The SMILES string of the molecule is CC(C)Cn1c(=O)c(C#N)c(N2CCN(C(=O)c3cccs3)CC2)c2ccccc21. The lowest BCUT2D eigenvalue weighted by Crippen LogP contribution is -2.49. The van der Waals surface area contributed by atoms with Crippen LogP contribution in [0.4, 0.5) is 5.69 Å². The van der Waals surface area contributed by atoms with Gasteiger partial charge in [-0.05, 0) is 23.4 Å². The van der Waals surface area contributed by atoms with Gasteiger partial charge in [0.15, 0.2) is 0 Å². The number of thiophene rings is 1. The molecule has 3 heterocycles. The molecule has 0 aliphatic carbocycles. The Morgan fingerprint density at radius 3 is 2.50 bits per heavy atom. The molecule has 1 saturated heterocycles. The highest BCUT2D eigenvalue weighted by atomic mass is 32.1. The summed E-state index contributed by atoms with van der Waals surface area (Å²) in [6.45, 7) is 6.98. The summed E-state index contributed by atoms with van der Waals surface area (Å²) >= 11 is 1.45. The number of fused-ring (bicyclic) bond motifs is 1. The fourth-order valence-electron chi connectivity index (χ4n) is 4.05. The monoisotopic (exact) mass is 420 g/mol. The number of amides is 1. The van der Waals surface area contributed by atoms with E-state index >= 15 is 0 Å². The van der Waals surface area contributed by atoms with Gasteiger partial charge in [0.25, 0.3) is 11.5 Å². The molecular weight excluding hydrogens is 396 g/mol. The van der Waals surface area contributed by atoms with Crippen molar-refractivity contribution in [3.63, 3.8) is 0 Å². The summed E-state index contributed by atoms with van der Waals surface area (Å²) in [5.74, 6) is 0.331. The summed E-state index contributed by atoms with van der Waals surface area (Å²) in [6.07, 6.45) is 0. The van der Waals surface area contributed by atoms with E-state index in [-0.39, 0.29) is 22.9 Å². The number of anilines is 1. The third kappa shape index (κ3) is 3.59. The molecule has 0 unspecified atom stereocenters. The first kappa shape index (κ1) is 20.2. The average Bonchev–Trinajstić information content (AvgIpc) is 3.29. The molecule has 6 nitrogen and oxygen atoms in total. The molecule has 7 heteroatoms. The number of rotatable bonds is 4. The van der Waals surface area contributed by atoms with Crippen LogP contribution in [0.5, 0.6) is 0 Å². The van der Waals surface area contributed by atoms with Crippen LogP contribution in [0.3, 0.4) is 0 Å². The van der Waals surface area contributed by atoms with E-state index in [0.29, 0.717) is 38.4 Å². The first-order chi connectivity index (χ1) is 14.5. The predicted molar refractivity (Wildman–Crippen MR) is 120 cm³/mol. The summed E-state index contributed by atoms with van der Waals surface area (Å²) < 4.78 is 1.72. The minimum atomic E-state index is -0.239. The van der Waals surface area contributed by atoms with Crippen LogP contribution in [0.2, 0.25) is 0 Å². The van der Waals surface area contributed by atoms with Crippen molar-refractivity contribution in [1.82, 2.24) is 9.47 Å². The van der Waals surface area contributed by atoms with Gasteiger partial charge in [0.2, 0.25) is 0 Å². The summed E-state index contributed by atoms with van der Waals surface area (Å²) in [4.78, 5) is 30.5. The minimum Gasteiger partial charge on any atom is -0.366 e. The van der Waals surface area contributed by atoms with Crippen LogP contribution in [0.1, 0.15) is 29.1 Å². The normalized spacial score (nSPS) is 14.3. The van der Waals surface area contributed by atoms with E-state index < -0.39 is 0 Å². The Morgan fingerprint density at radius 1 is 1.13 bits per heavy atom. The molecule has 0 atom stereocenters. The number of carbonyl (C=O) groups excluding carboxylic acids is 1. The molecule has 0 N–H and O–H groups in total. The quantitative estimate of drug-likeness (QED) is 0.647. The number of hydrogen-bond donors (Lipinski definition) is 0. The molecule has 1 aromatic carbocycles. The van der Waals surface area contributed by atoms with Crippen LogP contribution in [0, 0.1) is 17.2 Å². The van der Waals surface area contributed by atoms with Gasteiger partial charge in [0, 0.05) is 38.1 Å². The summed E-state index contributed by atoms with van der Waals surface area (Å²) in [6, 6.07) is 13.7. The summed E-state index contributed by atoms with van der Waals surface area (Å²) in [5.41, 5.74) is 1.49. The van der Waals surface area contributed by atoms with Crippen LogP contribution >= 0.6 is 11.3 Å². The van der Waals surface area contributed by atoms with E-state index in [1.54, 1.807) is 4.57 Å². The Labute approximate surface area is 179 Å². The largest absolute Gasteiger partial charge is 0.366 e. The number of benzene rings is 1. The first-order valence-electron chi connectivity index (χ1n) is 10.1.